The minimum atomic E-state index is -0.184. The molecule has 1 heterocycles. The molecule has 5 nitrogen and oxygen atoms in total. The second-order valence-corrected chi connectivity index (χ2v) is 6.59. The Morgan fingerprint density at radius 2 is 1.81 bits per heavy atom. The Labute approximate surface area is 159 Å². The number of aromatic amines is 1. The Kier molecular flexibility index (Phi) is 5.91. The number of hydrogen-bond donors (Lipinski definition) is 2. The van der Waals surface area contributed by atoms with E-state index in [1.807, 2.05) is 69.3 Å². The Balaban J connectivity index is 1.63. The van der Waals surface area contributed by atoms with Crippen molar-refractivity contribution >= 4 is 5.91 Å². The molecule has 27 heavy (non-hydrogen) atoms. The van der Waals surface area contributed by atoms with Crippen LogP contribution in [-0.4, -0.2) is 22.5 Å². The number of para-hydroxylation sites is 1. The molecule has 1 unspecified atom stereocenters. The number of nitrogens with one attached hydrogen (secondary N) is 2. The molecule has 1 aromatic heterocycles. The van der Waals surface area contributed by atoms with Crippen LogP contribution in [0.1, 0.15) is 36.3 Å². The highest BCUT2D eigenvalue weighted by Crippen LogP contribution is 2.23. The number of H-pyrrole nitrogens is 1. The second kappa shape index (κ2) is 8.54. The molecule has 140 valence electrons. The number of ether oxygens (including phenoxy) is 1. The maximum absolute atomic E-state index is 12.4. The number of benzene rings is 2. The van der Waals surface area contributed by atoms with Gasteiger partial charge in [-0.25, -0.2) is 4.98 Å². The van der Waals surface area contributed by atoms with E-state index < -0.39 is 0 Å². The maximum Gasteiger partial charge on any atom is 0.258 e. The fourth-order valence-corrected chi connectivity index (χ4v) is 3.04. The van der Waals surface area contributed by atoms with Crippen molar-refractivity contribution in [2.75, 3.05) is 6.61 Å². The van der Waals surface area contributed by atoms with Crippen LogP contribution in [0, 0.1) is 13.8 Å². The third-order valence-electron chi connectivity index (χ3n) is 4.51. The van der Waals surface area contributed by atoms with E-state index in [9.17, 15) is 4.79 Å². The quantitative estimate of drug-likeness (QED) is 0.656. The Hall–Kier alpha value is -3.08. The summed E-state index contributed by atoms with van der Waals surface area (Å²) in [5, 5.41) is 3.00. The summed E-state index contributed by atoms with van der Waals surface area (Å²) in [6.07, 6.45) is 2.53. The molecule has 1 amide bonds. The summed E-state index contributed by atoms with van der Waals surface area (Å²) in [6, 6.07) is 15.7. The van der Waals surface area contributed by atoms with E-state index >= 15 is 0 Å². The molecule has 5 heteroatoms. The molecule has 0 fully saturated rings. The summed E-state index contributed by atoms with van der Waals surface area (Å²) in [5.74, 6) is 1.35. The number of amides is 1. The van der Waals surface area contributed by atoms with Crippen LogP contribution in [0.15, 0.2) is 54.7 Å². The van der Waals surface area contributed by atoms with Crippen LogP contribution in [0.4, 0.5) is 0 Å². The lowest BCUT2D eigenvalue weighted by molar-refractivity contribution is -0.123. The number of aryl methyl sites for hydroxylation is 2. The van der Waals surface area contributed by atoms with Gasteiger partial charge in [-0.15, -0.1) is 0 Å². The molecular formula is C22H25N3O2. The van der Waals surface area contributed by atoms with Gasteiger partial charge in [-0.3, -0.25) is 4.79 Å². The van der Waals surface area contributed by atoms with Gasteiger partial charge in [0.1, 0.15) is 11.6 Å². The van der Waals surface area contributed by atoms with Crippen LogP contribution in [0.25, 0.3) is 11.3 Å². The van der Waals surface area contributed by atoms with Gasteiger partial charge in [0, 0.05) is 0 Å². The van der Waals surface area contributed by atoms with Gasteiger partial charge in [-0.1, -0.05) is 55.5 Å². The van der Waals surface area contributed by atoms with E-state index in [2.05, 4.69) is 15.3 Å². The normalized spacial score (nSPS) is 11.8. The van der Waals surface area contributed by atoms with Gasteiger partial charge >= 0.3 is 0 Å². The molecule has 0 aliphatic carbocycles. The number of carbonyl (C=O) groups is 1. The van der Waals surface area contributed by atoms with Gasteiger partial charge < -0.3 is 15.0 Å². The smallest absolute Gasteiger partial charge is 0.258 e. The fourth-order valence-electron chi connectivity index (χ4n) is 3.04. The van der Waals surface area contributed by atoms with Crippen LogP contribution in [0.2, 0.25) is 0 Å². The van der Waals surface area contributed by atoms with Gasteiger partial charge in [-0.05, 0) is 37.0 Å². The standard InChI is InChI=1S/C22H25N3O2/c1-4-18(22-23-13-19(25-22)17-11-6-5-7-12-17)24-20(26)14-27-21-15(2)9-8-10-16(21)3/h5-13,18H,4,14H2,1-3H3,(H,23,25)(H,24,26). The zero-order valence-corrected chi connectivity index (χ0v) is 16.0. The number of rotatable bonds is 7. The van der Waals surface area contributed by atoms with Gasteiger partial charge in [0.25, 0.3) is 5.91 Å². The molecule has 0 aliphatic heterocycles. The molecule has 1 atom stereocenters. The first-order valence-electron chi connectivity index (χ1n) is 9.17. The zero-order chi connectivity index (χ0) is 19.2. The number of nitrogens with zero attached hydrogens (tertiary/aromatic N) is 1. The molecule has 0 saturated carbocycles. The van der Waals surface area contributed by atoms with E-state index in [0.717, 1.165) is 40.4 Å². The van der Waals surface area contributed by atoms with Crippen LogP contribution in [-0.2, 0) is 4.79 Å². The predicted octanol–water partition coefficient (Wildman–Crippen LogP) is 4.34. The topological polar surface area (TPSA) is 67.0 Å². The highest BCUT2D eigenvalue weighted by Gasteiger charge is 2.17. The van der Waals surface area contributed by atoms with E-state index in [4.69, 9.17) is 4.74 Å². The van der Waals surface area contributed by atoms with Gasteiger partial charge in [0.15, 0.2) is 6.61 Å². The minimum Gasteiger partial charge on any atom is -0.483 e. The lowest BCUT2D eigenvalue weighted by Crippen LogP contribution is -2.33. The number of aromatic nitrogens is 2. The Morgan fingerprint density at radius 3 is 2.48 bits per heavy atom. The molecule has 3 aromatic rings. The summed E-state index contributed by atoms with van der Waals surface area (Å²) in [7, 11) is 0. The third-order valence-corrected chi connectivity index (χ3v) is 4.51. The van der Waals surface area contributed by atoms with Gasteiger partial charge in [0.05, 0.1) is 17.9 Å². The summed E-state index contributed by atoms with van der Waals surface area (Å²) >= 11 is 0. The van der Waals surface area contributed by atoms with Gasteiger partial charge in [-0.2, -0.15) is 0 Å². The molecule has 0 aliphatic rings. The molecule has 0 saturated heterocycles. The van der Waals surface area contributed by atoms with Crippen molar-refractivity contribution in [2.24, 2.45) is 0 Å². The summed E-state index contributed by atoms with van der Waals surface area (Å²) in [5.41, 5.74) is 4.04. The van der Waals surface area contributed by atoms with Crippen LogP contribution < -0.4 is 10.1 Å². The SMILES string of the molecule is CCC(NC(=O)COc1c(C)cccc1C)c1ncc(-c2ccccc2)[nH]1. The zero-order valence-electron chi connectivity index (χ0n) is 16.0. The molecule has 0 spiro atoms. The molecular weight excluding hydrogens is 338 g/mol. The third kappa shape index (κ3) is 4.56. The van der Waals surface area contributed by atoms with Crippen LogP contribution in [0.3, 0.4) is 0 Å². The van der Waals surface area contributed by atoms with Crippen LogP contribution >= 0.6 is 0 Å². The lowest BCUT2D eigenvalue weighted by atomic mass is 10.1. The van der Waals surface area contributed by atoms with E-state index in [1.54, 1.807) is 6.20 Å². The van der Waals surface area contributed by atoms with E-state index in [-0.39, 0.29) is 18.6 Å². The minimum absolute atomic E-state index is 0.0194. The van der Waals surface area contributed by atoms with Crippen LogP contribution in [0.5, 0.6) is 5.75 Å². The second-order valence-electron chi connectivity index (χ2n) is 6.59. The first-order chi connectivity index (χ1) is 13.1. The van der Waals surface area contributed by atoms with Crippen molar-refractivity contribution in [3.05, 3.63) is 71.7 Å². The largest absolute Gasteiger partial charge is 0.483 e. The monoisotopic (exact) mass is 363 g/mol. The average molecular weight is 363 g/mol. The highest BCUT2D eigenvalue weighted by molar-refractivity contribution is 5.78. The first kappa shape index (κ1) is 18.7. The molecule has 2 aromatic carbocycles. The maximum atomic E-state index is 12.4. The first-order valence-corrected chi connectivity index (χ1v) is 9.17. The number of carbonyl (C=O) groups excluding carboxylic acids is 1. The molecule has 0 bridgehead atoms. The Bertz CT molecular complexity index is 883. The van der Waals surface area contributed by atoms with Crippen molar-refractivity contribution < 1.29 is 9.53 Å². The van der Waals surface area contributed by atoms with Crippen molar-refractivity contribution in [3.8, 4) is 17.0 Å². The lowest BCUT2D eigenvalue weighted by Gasteiger charge is -2.16. The average Bonchev–Trinajstić information content (AvgIpc) is 3.16. The fraction of sp³-hybridized carbons (Fsp3) is 0.273. The predicted molar refractivity (Wildman–Crippen MR) is 107 cm³/mol. The highest BCUT2D eigenvalue weighted by atomic mass is 16.5. The summed E-state index contributed by atoms with van der Waals surface area (Å²) in [6.45, 7) is 5.95. The van der Waals surface area contributed by atoms with Crippen molar-refractivity contribution in [2.45, 2.75) is 33.2 Å². The van der Waals surface area contributed by atoms with Crippen molar-refractivity contribution in [1.29, 1.82) is 0 Å². The molecule has 2 N–H and O–H groups in total. The van der Waals surface area contributed by atoms with Crippen molar-refractivity contribution in [3.63, 3.8) is 0 Å². The van der Waals surface area contributed by atoms with E-state index in [0.29, 0.717) is 0 Å². The summed E-state index contributed by atoms with van der Waals surface area (Å²) < 4.78 is 5.74. The molecule has 0 radical (unpaired) electrons. The number of hydrogen-bond acceptors (Lipinski definition) is 3. The summed E-state index contributed by atoms with van der Waals surface area (Å²) in [4.78, 5) is 20.1. The van der Waals surface area contributed by atoms with Gasteiger partial charge in [0.2, 0.25) is 0 Å². The van der Waals surface area contributed by atoms with E-state index in [1.165, 1.54) is 0 Å². The molecule has 3 rings (SSSR count). The van der Waals surface area contributed by atoms with Crippen molar-refractivity contribution in [1.82, 2.24) is 15.3 Å². The Morgan fingerprint density at radius 1 is 1.11 bits per heavy atom. The number of imidazole rings is 1.